The molecule has 3 aromatic rings. The van der Waals surface area contributed by atoms with E-state index >= 15 is 0 Å². The molecular weight excluding hydrogens is 372 g/mol. The highest BCUT2D eigenvalue weighted by molar-refractivity contribution is 7.89. The fourth-order valence-corrected chi connectivity index (χ4v) is 5.66. The third-order valence-electron chi connectivity index (χ3n) is 5.04. The molecule has 0 unspecified atom stereocenters. The molecule has 0 N–H and O–H groups in total. The quantitative estimate of drug-likeness (QED) is 0.684. The summed E-state index contributed by atoms with van der Waals surface area (Å²) in [5, 5.41) is 0. The molecule has 2 aromatic heterocycles. The second kappa shape index (κ2) is 5.70. The molecule has 0 saturated heterocycles. The molecule has 5 rings (SSSR count). The van der Waals surface area contributed by atoms with Crippen LogP contribution in [0.25, 0.3) is 11.0 Å². The SMILES string of the molecule is O=c1cc2c(cn1C1CC1)CN(S(=O)(=O)c1cccc3nsnc13)CC2. The molecule has 0 atom stereocenters. The second-order valence-electron chi connectivity index (χ2n) is 6.78. The van der Waals surface area contributed by atoms with Crippen molar-refractivity contribution >= 4 is 32.8 Å². The molecule has 134 valence electrons. The first-order valence-electron chi connectivity index (χ1n) is 8.49. The summed E-state index contributed by atoms with van der Waals surface area (Å²) in [5.74, 6) is 0. The zero-order chi connectivity index (χ0) is 17.9. The van der Waals surface area contributed by atoms with E-state index in [1.54, 1.807) is 28.8 Å². The van der Waals surface area contributed by atoms with Gasteiger partial charge in [0.05, 0.1) is 11.7 Å². The van der Waals surface area contributed by atoms with Crippen LogP contribution < -0.4 is 5.56 Å². The Hall–Kier alpha value is -2.10. The molecule has 1 aromatic carbocycles. The summed E-state index contributed by atoms with van der Waals surface area (Å²) in [6.07, 6.45) is 4.42. The van der Waals surface area contributed by atoms with Gasteiger partial charge >= 0.3 is 0 Å². The Kier molecular flexibility index (Phi) is 3.53. The van der Waals surface area contributed by atoms with Crippen molar-refractivity contribution in [3.63, 3.8) is 0 Å². The van der Waals surface area contributed by atoms with Crippen molar-refractivity contribution in [2.75, 3.05) is 6.54 Å². The molecule has 1 fully saturated rings. The first-order chi connectivity index (χ1) is 12.5. The summed E-state index contributed by atoms with van der Waals surface area (Å²) in [4.78, 5) is 12.4. The van der Waals surface area contributed by atoms with E-state index in [9.17, 15) is 13.2 Å². The minimum atomic E-state index is -3.68. The Morgan fingerprint density at radius 1 is 1.15 bits per heavy atom. The molecule has 1 saturated carbocycles. The summed E-state index contributed by atoms with van der Waals surface area (Å²) in [5.41, 5.74) is 2.89. The lowest BCUT2D eigenvalue weighted by Gasteiger charge is -2.28. The van der Waals surface area contributed by atoms with Gasteiger partial charge < -0.3 is 4.57 Å². The summed E-state index contributed by atoms with van der Waals surface area (Å²) >= 11 is 1.01. The largest absolute Gasteiger partial charge is 0.312 e. The minimum absolute atomic E-state index is 0.0147. The van der Waals surface area contributed by atoms with Crippen LogP contribution in [0.3, 0.4) is 0 Å². The van der Waals surface area contributed by atoms with E-state index < -0.39 is 10.0 Å². The first-order valence-corrected chi connectivity index (χ1v) is 10.7. The van der Waals surface area contributed by atoms with Crippen molar-refractivity contribution in [3.8, 4) is 0 Å². The number of pyridine rings is 1. The number of nitrogens with zero attached hydrogens (tertiary/aromatic N) is 4. The fourth-order valence-electron chi connectivity index (χ4n) is 3.49. The average molecular weight is 388 g/mol. The van der Waals surface area contributed by atoms with Crippen molar-refractivity contribution in [2.24, 2.45) is 0 Å². The highest BCUT2D eigenvalue weighted by Crippen LogP contribution is 2.34. The van der Waals surface area contributed by atoms with Gasteiger partial charge in [-0.05, 0) is 42.5 Å². The number of benzene rings is 1. The number of sulfonamides is 1. The molecular formula is C17H16N4O3S2. The van der Waals surface area contributed by atoms with Crippen LogP contribution in [0.5, 0.6) is 0 Å². The number of hydrogen-bond acceptors (Lipinski definition) is 6. The normalized spacial score (nSPS) is 18.2. The summed E-state index contributed by atoms with van der Waals surface area (Å²) < 4.78 is 37.9. The van der Waals surface area contributed by atoms with Gasteiger partial charge in [0.25, 0.3) is 5.56 Å². The zero-order valence-corrected chi connectivity index (χ0v) is 15.5. The van der Waals surface area contributed by atoms with Gasteiger partial charge in [-0.1, -0.05) is 6.07 Å². The Morgan fingerprint density at radius 3 is 2.81 bits per heavy atom. The first kappa shape index (κ1) is 16.1. The van der Waals surface area contributed by atoms with Gasteiger partial charge in [-0.2, -0.15) is 13.1 Å². The van der Waals surface area contributed by atoms with Crippen LogP contribution in [0.1, 0.15) is 30.0 Å². The molecule has 1 aliphatic heterocycles. The van der Waals surface area contributed by atoms with Crippen molar-refractivity contribution in [2.45, 2.75) is 36.7 Å². The van der Waals surface area contributed by atoms with E-state index in [1.807, 2.05) is 6.20 Å². The monoisotopic (exact) mass is 388 g/mol. The van der Waals surface area contributed by atoms with Crippen LogP contribution in [0.15, 0.2) is 40.2 Å². The molecule has 0 radical (unpaired) electrons. The van der Waals surface area contributed by atoms with E-state index in [0.717, 1.165) is 35.7 Å². The van der Waals surface area contributed by atoms with Crippen molar-refractivity contribution in [1.29, 1.82) is 0 Å². The maximum absolute atomic E-state index is 13.2. The summed E-state index contributed by atoms with van der Waals surface area (Å²) in [6.45, 7) is 0.634. The fraction of sp³-hybridized carbons (Fsp3) is 0.353. The summed E-state index contributed by atoms with van der Waals surface area (Å²) in [7, 11) is -3.68. The van der Waals surface area contributed by atoms with Crippen LogP contribution >= 0.6 is 11.7 Å². The molecule has 7 nitrogen and oxygen atoms in total. The van der Waals surface area contributed by atoms with Gasteiger partial charge in [0, 0.05) is 31.4 Å². The number of hydrogen-bond donors (Lipinski definition) is 0. The highest BCUT2D eigenvalue weighted by Gasteiger charge is 2.32. The Bertz CT molecular complexity index is 1180. The van der Waals surface area contributed by atoms with Gasteiger partial charge in [-0.3, -0.25) is 4.79 Å². The molecule has 1 aliphatic carbocycles. The van der Waals surface area contributed by atoms with Gasteiger partial charge in [-0.25, -0.2) is 8.42 Å². The third-order valence-corrected chi connectivity index (χ3v) is 7.46. The molecule has 0 amide bonds. The lowest BCUT2D eigenvalue weighted by atomic mass is 10.0. The lowest BCUT2D eigenvalue weighted by molar-refractivity contribution is 0.389. The second-order valence-corrected chi connectivity index (χ2v) is 9.21. The van der Waals surface area contributed by atoms with E-state index in [1.165, 1.54) is 4.31 Å². The summed E-state index contributed by atoms with van der Waals surface area (Å²) in [6, 6.07) is 6.98. The number of fused-ring (bicyclic) bond motifs is 2. The molecule has 0 bridgehead atoms. The van der Waals surface area contributed by atoms with E-state index in [-0.39, 0.29) is 23.0 Å². The Balaban J connectivity index is 1.55. The maximum Gasteiger partial charge on any atom is 0.251 e. The van der Waals surface area contributed by atoms with Crippen LogP contribution in [0.2, 0.25) is 0 Å². The van der Waals surface area contributed by atoms with Crippen molar-refractivity contribution in [1.82, 2.24) is 17.6 Å². The van der Waals surface area contributed by atoms with Crippen molar-refractivity contribution < 1.29 is 8.42 Å². The van der Waals surface area contributed by atoms with Crippen molar-refractivity contribution in [3.05, 3.63) is 51.9 Å². The smallest absolute Gasteiger partial charge is 0.251 e. The van der Waals surface area contributed by atoms with Crippen LogP contribution in [0.4, 0.5) is 0 Å². The predicted octanol–water partition coefficient (Wildman–Crippen LogP) is 1.93. The van der Waals surface area contributed by atoms with E-state index in [4.69, 9.17) is 0 Å². The molecule has 3 heterocycles. The highest BCUT2D eigenvalue weighted by atomic mass is 32.2. The van der Waals surface area contributed by atoms with Gasteiger partial charge in [0.1, 0.15) is 15.9 Å². The standard InChI is InChI=1S/C17H16N4O3S2/c22-16-8-11-6-7-20(9-12(11)10-21(16)13-4-5-13)26(23,24)15-3-1-2-14-17(15)19-25-18-14/h1-3,8,10,13H,4-7,9H2. The molecule has 2 aliphatic rings. The van der Waals surface area contributed by atoms with Gasteiger partial charge in [0.15, 0.2) is 0 Å². The molecule has 0 spiro atoms. The zero-order valence-electron chi connectivity index (χ0n) is 13.8. The number of rotatable bonds is 3. The predicted molar refractivity (Wildman–Crippen MR) is 97.7 cm³/mol. The molecule has 9 heteroatoms. The Labute approximate surface area is 154 Å². The van der Waals surface area contributed by atoms with Crippen LogP contribution in [-0.4, -0.2) is 32.6 Å². The average Bonchev–Trinajstić information content (AvgIpc) is 3.36. The van der Waals surface area contributed by atoms with Gasteiger partial charge in [0.2, 0.25) is 10.0 Å². The Morgan fingerprint density at radius 2 is 2.00 bits per heavy atom. The minimum Gasteiger partial charge on any atom is -0.312 e. The van der Waals surface area contributed by atoms with Crippen LogP contribution in [-0.2, 0) is 23.0 Å². The lowest BCUT2D eigenvalue weighted by Crippen LogP contribution is -2.37. The number of aromatic nitrogens is 3. The van der Waals surface area contributed by atoms with E-state index in [2.05, 4.69) is 8.75 Å². The molecule has 26 heavy (non-hydrogen) atoms. The maximum atomic E-state index is 13.2. The van der Waals surface area contributed by atoms with Gasteiger partial charge in [-0.15, -0.1) is 0 Å². The third kappa shape index (κ3) is 2.50. The topological polar surface area (TPSA) is 85.2 Å². The van der Waals surface area contributed by atoms with Crippen LogP contribution in [0, 0.1) is 0 Å². The van der Waals surface area contributed by atoms with E-state index in [0.29, 0.717) is 24.0 Å².